The Morgan fingerprint density at radius 1 is 1.15 bits per heavy atom. The number of hydrogen-bond acceptors (Lipinski definition) is 2. The third kappa shape index (κ3) is 6.62. The van der Waals surface area contributed by atoms with Gasteiger partial charge in [-0.25, -0.2) is 0 Å². The molecule has 0 fully saturated rings. The maximum Gasteiger partial charge on any atom is 0.0468 e. The van der Waals surface area contributed by atoms with Gasteiger partial charge in [-0.05, 0) is 18.8 Å². The van der Waals surface area contributed by atoms with Crippen molar-refractivity contribution in [1.29, 1.82) is 0 Å². The second-order valence-corrected chi connectivity index (χ2v) is 3.45. The molecule has 2 nitrogen and oxygen atoms in total. The van der Waals surface area contributed by atoms with E-state index in [9.17, 15) is 0 Å². The van der Waals surface area contributed by atoms with Gasteiger partial charge in [-0.2, -0.15) is 0 Å². The smallest absolute Gasteiger partial charge is 0.0468 e. The minimum atomic E-state index is 0.201. The molecule has 0 aromatic carbocycles. The second-order valence-electron chi connectivity index (χ2n) is 3.45. The summed E-state index contributed by atoms with van der Waals surface area (Å²) < 4.78 is 0. The van der Waals surface area contributed by atoms with Crippen LogP contribution < -0.4 is 0 Å². The maximum atomic E-state index is 8.85. The molecule has 0 saturated heterocycles. The summed E-state index contributed by atoms with van der Waals surface area (Å²) in [5.74, 6) is 6.68. The topological polar surface area (TPSA) is 40.5 Å². The molecule has 0 bridgehead atoms. The molecular weight excluding hydrogens is 164 g/mol. The van der Waals surface area contributed by atoms with E-state index in [0.29, 0.717) is 0 Å². The molecule has 0 aromatic rings. The Bertz CT molecular complexity index is 167. The molecule has 0 amide bonds. The van der Waals surface area contributed by atoms with Crippen molar-refractivity contribution in [2.75, 3.05) is 13.2 Å². The van der Waals surface area contributed by atoms with Gasteiger partial charge in [0.2, 0.25) is 0 Å². The Kier molecular flexibility index (Phi) is 7.77. The molecule has 2 N–H and O–H groups in total. The van der Waals surface area contributed by atoms with E-state index in [1.54, 1.807) is 0 Å². The number of rotatable bonds is 5. The van der Waals surface area contributed by atoms with Crippen LogP contribution in [-0.4, -0.2) is 23.4 Å². The van der Waals surface area contributed by atoms with E-state index >= 15 is 0 Å². The number of aliphatic hydroxyl groups excluding tert-OH is 2. The highest BCUT2D eigenvalue weighted by atomic mass is 16.3. The van der Waals surface area contributed by atoms with Crippen LogP contribution in [-0.2, 0) is 0 Å². The van der Waals surface area contributed by atoms with E-state index in [4.69, 9.17) is 10.2 Å². The van der Waals surface area contributed by atoms with Crippen LogP contribution in [0.5, 0.6) is 0 Å². The average Bonchev–Trinajstić information content (AvgIpc) is 2.16. The van der Waals surface area contributed by atoms with Crippen LogP contribution in [0.25, 0.3) is 0 Å². The quantitative estimate of drug-likeness (QED) is 0.501. The van der Waals surface area contributed by atoms with Gasteiger partial charge in [0.25, 0.3) is 0 Å². The monoisotopic (exact) mass is 184 g/mol. The molecule has 0 aliphatic carbocycles. The predicted octanol–water partition coefficient (Wildman–Crippen LogP) is 1.42. The van der Waals surface area contributed by atoms with Crippen LogP contribution in [0.4, 0.5) is 0 Å². The lowest BCUT2D eigenvalue weighted by atomic mass is 9.97. The first-order valence-corrected chi connectivity index (χ1v) is 4.92. The number of aliphatic hydroxyl groups is 2. The lowest BCUT2D eigenvalue weighted by molar-refractivity contribution is 0.215. The maximum absolute atomic E-state index is 8.85. The summed E-state index contributed by atoms with van der Waals surface area (Å²) in [7, 11) is 0. The Morgan fingerprint density at radius 2 is 1.85 bits per heavy atom. The fourth-order valence-corrected chi connectivity index (χ4v) is 0.859. The lowest BCUT2D eigenvalue weighted by Gasteiger charge is -2.09. The molecule has 0 radical (unpaired) electrons. The summed E-state index contributed by atoms with van der Waals surface area (Å²) in [4.78, 5) is 0. The van der Waals surface area contributed by atoms with Crippen molar-refractivity contribution in [3.8, 4) is 11.8 Å². The van der Waals surface area contributed by atoms with E-state index in [0.717, 1.165) is 19.3 Å². The van der Waals surface area contributed by atoms with Crippen LogP contribution in [0.2, 0.25) is 0 Å². The highest BCUT2D eigenvalue weighted by Crippen LogP contribution is 2.08. The van der Waals surface area contributed by atoms with E-state index in [1.807, 2.05) is 13.8 Å². The van der Waals surface area contributed by atoms with Crippen LogP contribution in [0.1, 0.15) is 33.1 Å². The molecule has 0 aliphatic rings. The van der Waals surface area contributed by atoms with E-state index in [2.05, 4.69) is 11.8 Å². The Morgan fingerprint density at radius 3 is 2.38 bits per heavy atom. The molecule has 0 aromatic heterocycles. The highest BCUT2D eigenvalue weighted by molar-refractivity contribution is 5.03. The number of unbranched alkanes of at least 4 members (excludes halogenated alkanes) is 2. The molecule has 0 saturated carbocycles. The number of hydrogen-bond donors (Lipinski definition) is 2. The molecule has 2 unspecified atom stereocenters. The fraction of sp³-hybridized carbons (Fsp3) is 0.818. The third-order valence-corrected chi connectivity index (χ3v) is 2.18. The molecule has 0 rings (SSSR count). The van der Waals surface area contributed by atoms with Crippen molar-refractivity contribution in [3.05, 3.63) is 0 Å². The highest BCUT2D eigenvalue weighted by Gasteiger charge is 2.06. The Hall–Kier alpha value is -0.520. The van der Waals surface area contributed by atoms with Crippen molar-refractivity contribution < 1.29 is 10.2 Å². The first kappa shape index (κ1) is 12.5. The molecule has 0 heterocycles. The molecule has 0 spiro atoms. The lowest BCUT2D eigenvalue weighted by Crippen LogP contribution is -2.09. The van der Waals surface area contributed by atoms with E-state index in [1.165, 1.54) is 0 Å². The van der Waals surface area contributed by atoms with Gasteiger partial charge < -0.3 is 10.2 Å². The molecule has 76 valence electrons. The second kappa shape index (κ2) is 8.10. The standard InChI is InChI=1S/C11H20O2/c1-10(11(2)9-13)7-5-3-4-6-8-12/h10-13H,3-4,6,8-9H2,1-2H3. The summed E-state index contributed by atoms with van der Waals surface area (Å²) in [6.07, 6.45) is 2.64. The molecular formula is C11H20O2. The Balaban J connectivity index is 3.56. The van der Waals surface area contributed by atoms with Crippen LogP contribution in [0.15, 0.2) is 0 Å². The van der Waals surface area contributed by atoms with Gasteiger partial charge in [0.1, 0.15) is 0 Å². The predicted molar refractivity (Wildman–Crippen MR) is 54.1 cm³/mol. The first-order valence-electron chi connectivity index (χ1n) is 4.92. The van der Waals surface area contributed by atoms with Gasteiger partial charge in [0.05, 0.1) is 0 Å². The van der Waals surface area contributed by atoms with Crippen LogP contribution in [0, 0.1) is 23.7 Å². The molecule has 2 heteroatoms. The summed E-state index contributed by atoms with van der Waals surface area (Å²) in [5, 5.41) is 17.4. The summed E-state index contributed by atoms with van der Waals surface area (Å²) in [5.41, 5.74) is 0. The summed E-state index contributed by atoms with van der Waals surface area (Å²) in [6, 6.07) is 0. The SMILES string of the molecule is CC(C#CCCCCO)C(C)CO. The van der Waals surface area contributed by atoms with Crippen molar-refractivity contribution in [1.82, 2.24) is 0 Å². The fourth-order valence-electron chi connectivity index (χ4n) is 0.859. The average molecular weight is 184 g/mol. The zero-order chi connectivity index (χ0) is 10.1. The van der Waals surface area contributed by atoms with Gasteiger partial charge in [-0.1, -0.05) is 19.8 Å². The van der Waals surface area contributed by atoms with Gasteiger partial charge >= 0.3 is 0 Å². The van der Waals surface area contributed by atoms with E-state index in [-0.39, 0.29) is 25.0 Å². The first-order chi connectivity index (χ1) is 6.22. The zero-order valence-corrected chi connectivity index (χ0v) is 8.58. The van der Waals surface area contributed by atoms with Crippen molar-refractivity contribution >= 4 is 0 Å². The largest absolute Gasteiger partial charge is 0.396 e. The third-order valence-electron chi connectivity index (χ3n) is 2.18. The van der Waals surface area contributed by atoms with Gasteiger partial charge in [-0.3, -0.25) is 0 Å². The Labute approximate surface area is 81.0 Å². The minimum absolute atomic E-state index is 0.201. The van der Waals surface area contributed by atoms with Crippen LogP contribution >= 0.6 is 0 Å². The van der Waals surface area contributed by atoms with Crippen LogP contribution in [0.3, 0.4) is 0 Å². The van der Waals surface area contributed by atoms with Crippen molar-refractivity contribution in [2.24, 2.45) is 11.8 Å². The van der Waals surface area contributed by atoms with Gasteiger partial charge in [-0.15, -0.1) is 5.92 Å². The van der Waals surface area contributed by atoms with Gasteiger partial charge in [0, 0.05) is 25.6 Å². The molecule has 2 atom stereocenters. The minimum Gasteiger partial charge on any atom is -0.396 e. The van der Waals surface area contributed by atoms with Crippen molar-refractivity contribution in [3.63, 3.8) is 0 Å². The molecule has 0 aliphatic heterocycles. The molecule has 13 heavy (non-hydrogen) atoms. The normalized spacial score (nSPS) is 14.5. The van der Waals surface area contributed by atoms with Gasteiger partial charge in [0.15, 0.2) is 0 Å². The van der Waals surface area contributed by atoms with Crippen molar-refractivity contribution in [2.45, 2.75) is 33.1 Å². The van der Waals surface area contributed by atoms with E-state index < -0.39 is 0 Å². The summed E-state index contributed by atoms with van der Waals surface area (Å²) in [6.45, 7) is 4.48. The summed E-state index contributed by atoms with van der Waals surface area (Å²) >= 11 is 0. The zero-order valence-electron chi connectivity index (χ0n) is 8.58.